The van der Waals surface area contributed by atoms with Gasteiger partial charge in [-0.05, 0) is 18.6 Å². The average molecular weight is 414 g/mol. The Hall–Kier alpha value is -2.81. The van der Waals surface area contributed by atoms with Crippen LogP contribution in [0.4, 0.5) is 10.8 Å². The number of carbonyl (C=O) groups excluding carboxylic acids is 3. The van der Waals surface area contributed by atoms with Gasteiger partial charge in [-0.25, -0.2) is 0 Å². The van der Waals surface area contributed by atoms with Gasteiger partial charge in [0.2, 0.25) is 16.7 Å². The number of aromatic nitrogens is 2. The van der Waals surface area contributed by atoms with Gasteiger partial charge in [-0.15, -0.1) is 10.2 Å². The first kappa shape index (κ1) is 19.5. The number of hydrogen-bond donors (Lipinski definition) is 1. The minimum Gasteiger partial charge on any atom is -0.307 e. The third-order valence-corrected chi connectivity index (χ3v) is 6.48. The fourth-order valence-corrected chi connectivity index (χ4v) is 4.77. The number of para-hydroxylation sites is 1. The lowest BCUT2D eigenvalue weighted by Crippen LogP contribution is -2.69. The minimum absolute atomic E-state index is 0.165. The Balaban J connectivity index is 1.79. The third kappa shape index (κ3) is 2.91. The molecule has 1 aromatic carbocycles. The molecule has 3 amide bonds. The van der Waals surface area contributed by atoms with Crippen molar-refractivity contribution in [2.45, 2.75) is 51.6 Å². The number of fused-ring (bicyclic) bond motifs is 3. The Morgan fingerprint density at radius 3 is 2.72 bits per heavy atom. The molecule has 1 saturated heterocycles. The zero-order chi connectivity index (χ0) is 20.8. The van der Waals surface area contributed by atoms with Crippen LogP contribution in [0, 0.1) is 0 Å². The number of anilines is 2. The molecule has 9 heteroatoms. The van der Waals surface area contributed by atoms with Crippen LogP contribution in [0.2, 0.25) is 0 Å². The molecule has 0 bridgehead atoms. The SMILES string of the molecule is CCCN1C(=O)c2ccccc2N2C(=O)CC[C@@]12C(=O)Nc1nnc(C(C)C)s1. The molecule has 4 rings (SSSR count). The number of rotatable bonds is 5. The molecule has 1 aromatic heterocycles. The monoisotopic (exact) mass is 413 g/mol. The highest BCUT2D eigenvalue weighted by atomic mass is 32.1. The zero-order valence-electron chi connectivity index (χ0n) is 16.6. The molecule has 1 atom stereocenters. The van der Waals surface area contributed by atoms with Crippen LogP contribution in [0.3, 0.4) is 0 Å². The van der Waals surface area contributed by atoms with Crippen LogP contribution in [-0.4, -0.2) is 45.0 Å². The van der Waals surface area contributed by atoms with Gasteiger partial charge < -0.3 is 4.90 Å². The number of hydrogen-bond acceptors (Lipinski definition) is 6. The van der Waals surface area contributed by atoms with Crippen LogP contribution in [0.5, 0.6) is 0 Å². The van der Waals surface area contributed by atoms with E-state index < -0.39 is 11.6 Å². The van der Waals surface area contributed by atoms with Crippen molar-refractivity contribution in [2.75, 3.05) is 16.8 Å². The smallest absolute Gasteiger partial charge is 0.273 e. The Morgan fingerprint density at radius 1 is 1.28 bits per heavy atom. The molecule has 8 nitrogen and oxygen atoms in total. The number of nitrogens with zero attached hydrogens (tertiary/aromatic N) is 4. The minimum atomic E-state index is -1.39. The van der Waals surface area contributed by atoms with Crippen LogP contribution in [-0.2, 0) is 9.59 Å². The highest BCUT2D eigenvalue weighted by Crippen LogP contribution is 2.45. The number of benzene rings is 1. The summed E-state index contributed by atoms with van der Waals surface area (Å²) in [5.41, 5.74) is -0.456. The maximum absolute atomic E-state index is 13.6. The Bertz CT molecular complexity index is 988. The highest BCUT2D eigenvalue weighted by molar-refractivity contribution is 7.15. The summed E-state index contributed by atoms with van der Waals surface area (Å²) >= 11 is 1.30. The van der Waals surface area contributed by atoms with E-state index >= 15 is 0 Å². The predicted octanol–water partition coefficient (Wildman–Crippen LogP) is 2.99. The van der Waals surface area contributed by atoms with E-state index in [1.54, 1.807) is 29.2 Å². The van der Waals surface area contributed by atoms with E-state index in [0.29, 0.717) is 29.3 Å². The molecule has 0 radical (unpaired) electrons. The van der Waals surface area contributed by atoms with Gasteiger partial charge in [0.05, 0.1) is 11.3 Å². The van der Waals surface area contributed by atoms with E-state index in [4.69, 9.17) is 0 Å². The van der Waals surface area contributed by atoms with Gasteiger partial charge in [0.15, 0.2) is 0 Å². The molecule has 152 valence electrons. The van der Waals surface area contributed by atoms with E-state index in [1.807, 2.05) is 20.8 Å². The van der Waals surface area contributed by atoms with Gasteiger partial charge in [0.1, 0.15) is 5.01 Å². The fourth-order valence-electron chi connectivity index (χ4n) is 4.03. The Kier molecular flexibility index (Phi) is 4.85. The van der Waals surface area contributed by atoms with Gasteiger partial charge in [-0.2, -0.15) is 0 Å². The van der Waals surface area contributed by atoms with Crippen LogP contribution in [0.1, 0.15) is 61.3 Å². The van der Waals surface area contributed by atoms with Crippen molar-refractivity contribution < 1.29 is 14.4 Å². The topological polar surface area (TPSA) is 95.5 Å². The second kappa shape index (κ2) is 7.22. The molecular formula is C20H23N5O3S. The molecule has 1 fully saturated rings. The normalized spacial score (nSPS) is 20.8. The maximum Gasteiger partial charge on any atom is 0.273 e. The molecule has 2 aromatic rings. The van der Waals surface area contributed by atoms with Crippen molar-refractivity contribution in [3.05, 3.63) is 34.8 Å². The van der Waals surface area contributed by atoms with E-state index in [0.717, 1.165) is 5.01 Å². The molecule has 0 spiro atoms. The highest BCUT2D eigenvalue weighted by Gasteiger charge is 2.60. The number of carbonyl (C=O) groups is 3. The molecule has 29 heavy (non-hydrogen) atoms. The standard InChI is InChI=1S/C20H23N5O3S/c1-4-11-24-17(27)13-7-5-6-8-14(13)25-15(26)9-10-20(24,25)18(28)21-19-23-22-16(29-19)12(2)3/h5-8,12H,4,9-11H2,1-3H3,(H,21,23,28)/t20-/m1/s1. The molecule has 3 heterocycles. The molecule has 0 saturated carbocycles. The molecule has 0 aliphatic carbocycles. The van der Waals surface area contributed by atoms with Gasteiger partial charge >= 0.3 is 0 Å². The van der Waals surface area contributed by atoms with Crippen molar-refractivity contribution in [1.29, 1.82) is 0 Å². The first-order valence-electron chi connectivity index (χ1n) is 9.79. The molecule has 0 unspecified atom stereocenters. The second-order valence-electron chi connectivity index (χ2n) is 7.57. The second-order valence-corrected chi connectivity index (χ2v) is 8.58. The Labute approximate surface area is 172 Å². The van der Waals surface area contributed by atoms with Crippen molar-refractivity contribution in [1.82, 2.24) is 15.1 Å². The van der Waals surface area contributed by atoms with E-state index in [1.165, 1.54) is 16.2 Å². The van der Waals surface area contributed by atoms with Crippen LogP contribution in [0.15, 0.2) is 24.3 Å². The summed E-state index contributed by atoms with van der Waals surface area (Å²) in [4.78, 5) is 42.8. The van der Waals surface area contributed by atoms with Crippen molar-refractivity contribution in [3.8, 4) is 0 Å². The van der Waals surface area contributed by atoms with E-state index in [-0.39, 0.29) is 30.6 Å². The fraction of sp³-hybridized carbons (Fsp3) is 0.450. The van der Waals surface area contributed by atoms with Crippen molar-refractivity contribution in [2.24, 2.45) is 0 Å². The summed E-state index contributed by atoms with van der Waals surface area (Å²) in [5, 5.41) is 12.2. The molecular weight excluding hydrogens is 390 g/mol. The number of amides is 3. The van der Waals surface area contributed by atoms with Crippen LogP contribution in [0.25, 0.3) is 0 Å². The summed E-state index contributed by atoms with van der Waals surface area (Å²) in [6.45, 7) is 6.32. The van der Waals surface area contributed by atoms with Crippen molar-refractivity contribution in [3.63, 3.8) is 0 Å². The lowest BCUT2D eigenvalue weighted by molar-refractivity contribution is -0.128. The lowest BCUT2D eigenvalue weighted by atomic mass is 9.95. The Morgan fingerprint density at radius 2 is 2.03 bits per heavy atom. The van der Waals surface area contributed by atoms with E-state index in [2.05, 4.69) is 15.5 Å². The first-order valence-corrected chi connectivity index (χ1v) is 10.6. The summed E-state index contributed by atoms with van der Waals surface area (Å²) < 4.78 is 0. The summed E-state index contributed by atoms with van der Waals surface area (Å²) in [6, 6.07) is 6.97. The largest absolute Gasteiger partial charge is 0.307 e. The molecule has 1 N–H and O–H groups in total. The molecule has 2 aliphatic rings. The van der Waals surface area contributed by atoms with Gasteiger partial charge in [0.25, 0.3) is 11.8 Å². The van der Waals surface area contributed by atoms with Crippen LogP contribution >= 0.6 is 11.3 Å². The average Bonchev–Trinajstić information content (AvgIpc) is 3.31. The maximum atomic E-state index is 13.6. The third-order valence-electron chi connectivity index (χ3n) is 5.34. The summed E-state index contributed by atoms with van der Waals surface area (Å²) in [6.07, 6.45) is 1.11. The van der Waals surface area contributed by atoms with Gasteiger partial charge in [-0.3, -0.25) is 24.6 Å². The summed E-state index contributed by atoms with van der Waals surface area (Å²) in [5.74, 6) is -0.628. The number of nitrogens with one attached hydrogen (secondary N) is 1. The van der Waals surface area contributed by atoms with Crippen molar-refractivity contribution >= 4 is 39.9 Å². The van der Waals surface area contributed by atoms with Crippen LogP contribution < -0.4 is 10.2 Å². The predicted molar refractivity (Wildman–Crippen MR) is 110 cm³/mol. The summed E-state index contributed by atoms with van der Waals surface area (Å²) in [7, 11) is 0. The zero-order valence-corrected chi connectivity index (χ0v) is 17.5. The first-order chi connectivity index (χ1) is 13.9. The lowest BCUT2D eigenvalue weighted by Gasteiger charge is -2.48. The van der Waals surface area contributed by atoms with Gasteiger partial charge in [0, 0.05) is 25.3 Å². The van der Waals surface area contributed by atoms with E-state index in [9.17, 15) is 14.4 Å². The quantitative estimate of drug-likeness (QED) is 0.813. The molecule has 2 aliphatic heterocycles. The van der Waals surface area contributed by atoms with Gasteiger partial charge in [-0.1, -0.05) is 44.2 Å².